The van der Waals surface area contributed by atoms with Gasteiger partial charge in [-0.2, -0.15) is 0 Å². The van der Waals surface area contributed by atoms with Crippen LogP contribution in [0.2, 0.25) is 0 Å². The van der Waals surface area contributed by atoms with E-state index in [0.717, 1.165) is 16.8 Å². The molecule has 0 amide bonds. The van der Waals surface area contributed by atoms with Crippen LogP contribution >= 0.6 is 0 Å². The lowest BCUT2D eigenvalue weighted by atomic mass is 10.1. The summed E-state index contributed by atoms with van der Waals surface area (Å²) in [7, 11) is 0. The maximum atomic E-state index is 13.7. The van der Waals surface area contributed by atoms with E-state index in [1.54, 1.807) is 12.1 Å². The predicted molar refractivity (Wildman–Crippen MR) is 77.2 cm³/mol. The van der Waals surface area contributed by atoms with Gasteiger partial charge in [0.15, 0.2) is 11.5 Å². The van der Waals surface area contributed by atoms with Crippen LogP contribution in [0.3, 0.4) is 0 Å². The number of nitrogens with zero attached hydrogens (tertiary/aromatic N) is 1. The molecule has 3 nitrogen and oxygen atoms in total. The summed E-state index contributed by atoms with van der Waals surface area (Å²) in [6.45, 7) is 3.74. The van der Waals surface area contributed by atoms with E-state index in [9.17, 15) is 4.39 Å². The van der Waals surface area contributed by atoms with Crippen molar-refractivity contribution in [3.63, 3.8) is 0 Å². The Hall–Kier alpha value is -2.36. The summed E-state index contributed by atoms with van der Waals surface area (Å²) in [4.78, 5) is 4.29. The van der Waals surface area contributed by atoms with Gasteiger partial charge in [0, 0.05) is 18.2 Å². The fourth-order valence-electron chi connectivity index (χ4n) is 2.29. The van der Waals surface area contributed by atoms with Crippen LogP contribution in [0.1, 0.15) is 24.4 Å². The molecule has 4 heteroatoms. The van der Waals surface area contributed by atoms with E-state index in [1.807, 2.05) is 38.1 Å². The topological polar surface area (TPSA) is 38.1 Å². The number of benzene rings is 2. The van der Waals surface area contributed by atoms with Crippen molar-refractivity contribution in [2.24, 2.45) is 0 Å². The summed E-state index contributed by atoms with van der Waals surface area (Å²) < 4.78 is 19.2. The summed E-state index contributed by atoms with van der Waals surface area (Å²) in [6, 6.07) is 12.3. The number of anilines is 1. The lowest BCUT2D eigenvalue weighted by Crippen LogP contribution is -2.08. The Bertz CT molecular complexity index is 751. The molecule has 1 atom stereocenters. The highest BCUT2D eigenvalue weighted by atomic mass is 19.1. The number of oxazole rings is 1. The summed E-state index contributed by atoms with van der Waals surface area (Å²) in [5.41, 5.74) is 3.09. The van der Waals surface area contributed by atoms with Crippen LogP contribution in [-0.4, -0.2) is 4.98 Å². The van der Waals surface area contributed by atoms with Gasteiger partial charge in [0.1, 0.15) is 11.3 Å². The number of halogens is 1. The number of fused-ring (bicyclic) bond motifs is 1. The second kappa shape index (κ2) is 4.96. The lowest BCUT2D eigenvalue weighted by Gasteiger charge is -2.16. The normalized spacial score (nSPS) is 12.6. The van der Waals surface area contributed by atoms with Crippen molar-refractivity contribution < 1.29 is 8.81 Å². The molecule has 3 rings (SSSR count). The predicted octanol–water partition coefficient (Wildman–Crippen LogP) is 4.45. The Balaban J connectivity index is 1.87. The first-order valence-corrected chi connectivity index (χ1v) is 6.51. The van der Waals surface area contributed by atoms with Crippen molar-refractivity contribution in [1.29, 1.82) is 0 Å². The van der Waals surface area contributed by atoms with E-state index in [1.165, 1.54) is 6.07 Å². The second-order valence-electron chi connectivity index (χ2n) is 4.80. The first-order chi connectivity index (χ1) is 9.63. The van der Waals surface area contributed by atoms with Gasteiger partial charge in [-0.05, 0) is 31.2 Å². The van der Waals surface area contributed by atoms with Crippen LogP contribution in [0.5, 0.6) is 0 Å². The molecule has 20 heavy (non-hydrogen) atoms. The minimum Gasteiger partial charge on any atom is -0.441 e. The van der Waals surface area contributed by atoms with Gasteiger partial charge in [-0.25, -0.2) is 9.37 Å². The van der Waals surface area contributed by atoms with Gasteiger partial charge >= 0.3 is 0 Å². The standard InChI is InChI=1S/C16H15FN2O/c1-10(13-5-3-4-6-14(13)17)18-12-7-8-16-15(9-12)19-11(2)20-16/h3-10,18H,1-2H3. The highest BCUT2D eigenvalue weighted by Crippen LogP contribution is 2.24. The zero-order valence-corrected chi connectivity index (χ0v) is 11.4. The summed E-state index contributed by atoms with van der Waals surface area (Å²) in [5.74, 6) is 0.435. The van der Waals surface area contributed by atoms with Crippen LogP contribution in [-0.2, 0) is 0 Å². The van der Waals surface area contributed by atoms with Crippen molar-refractivity contribution in [1.82, 2.24) is 4.98 Å². The smallest absolute Gasteiger partial charge is 0.192 e. The average Bonchev–Trinajstić information content (AvgIpc) is 2.78. The molecule has 0 saturated carbocycles. The third-order valence-electron chi connectivity index (χ3n) is 3.25. The number of aryl methyl sites for hydroxylation is 1. The quantitative estimate of drug-likeness (QED) is 0.764. The molecule has 0 bridgehead atoms. The summed E-state index contributed by atoms with van der Waals surface area (Å²) in [5, 5.41) is 3.28. The van der Waals surface area contributed by atoms with Crippen molar-refractivity contribution in [3.05, 3.63) is 59.7 Å². The molecule has 1 N–H and O–H groups in total. The van der Waals surface area contributed by atoms with Gasteiger partial charge in [-0.15, -0.1) is 0 Å². The number of aromatic nitrogens is 1. The Morgan fingerprint density at radius 1 is 1.20 bits per heavy atom. The van der Waals surface area contributed by atoms with Gasteiger partial charge in [-0.1, -0.05) is 18.2 Å². The molecule has 0 aliphatic carbocycles. The molecule has 2 aromatic carbocycles. The second-order valence-corrected chi connectivity index (χ2v) is 4.80. The number of hydrogen-bond acceptors (Lipinski definition) is 3. The van der Waals surface area contributed by atoms with Crippen molar-refractivity contribution in [3.8, 4) is 0 Å². The van der Waals surface area contributed by atoms with Gasteiger partial charge in [-0.3, -0.25) is 0 Å². The minimum absolute atomic E-state index is 0.123. The maximum absolute atomic E-state index is 13.7. The molecule has 0 fully saturated rings. The average molecular weight is 270 g/mol. The van der Waals surface area contributed by atoms with Crippen molar-refractivity contribution in [2.45, 2.75) is 19.9 Å². The fraction of sp³-hybridized carbons (Fsp3) is 0.188. The van der Waals surface area contributed by atoms with E-state index in [4.69, 9.17) is 4.42 Å². The van der Waals surface area contributed by atoms with E-state index in [-0.39, 0.29) is 11.9 Å². The van der Waals surface area contributed by atoms with Crippen LogP contribution in [0.15, 0.2) is 46.9 Å². The highest BCUT2D eigenvalue weighted by molar-refractivity contribution is 5.77. The lowest BCUT2D eigenvalue weighted by molar-refractivity contribution is 0.561. The SMILES string of the molecule is Cc1nc2cc(NC(C)c3ccccc3F)ccc2o1. The van der Waals surface area contributed by atoms with Crippen molar-refractivity contribution in [2.75, 3.05) is 5.32 Å². The molecule has 102 valence electrons. The van der Waals surface area contributed by atoms with Gasteiger partial charge in [0.25, 0.3) is 0 Å². The largest absolute Gasteiger partial charge is 0.441 e. The first-order valence-electron chi connectivity index (χ1n) is 6.51. The summed E-state index contributed by atoms with van der Waals surface area (Å²) in [6.07, 6.45) is 0. The fourth-order valence-corrected chi connectivity index (χ4v) is 2.29. The molecular weight excluding hydrogens is 255 g/mol. The first kappa shape index (κ1) is 12.7. The molecular formula is C16H15FN2O. The number of rotatable bonds is 3. The molecule has 1 aromatic heterocycles. The monoisotopic (exact) mass is 270 g/mol. The third-order valence-corrected chi connectivity index (χ3v) is 3.25. The van der Waals surface area contributed by atoms with Crippen molar-refractivity contribution >= 4 is 16.8 Å². The summed E-state index contributed by atoms with van der Waals surface area (Å²) >= 11 is 0. The third kappa shape index (κ3) is 2.37. The maximum Gasteiger partial charge on any atom is 0.192 e. The Labute approximate surface area is 116 Å². The molecule has 3 aromatic rings. The van der Waals surface area contributed by atoms with Crippen LogP contribution in [0.4, 0.5) is 10.1 Å². The van der Waals surface area contributed by atoms with Crippen LogP contribution < -0.4 is 5.32 Å². The molecule has 1 heterocycles. The molecule has 1 unspecified atom stereocenters. The Morgan fingerprint density at radius 3 is 2.80 bits per heavy atom. The molecule has 0 saturated heterocycles. The van der Waals surface area contributed by atoms with Crippen LogP contribution in [0.25, 0.3) is 11.1 Å². The number of nitrogens with one attached hydrogen (secondary N) is 1. The van der Waals surface area contributed by atoms with Gasteiger partial charge in [0.2, 0.25) is 0 Å². The molecule has 0 aliphatic heterocycles. The molecule has 0 radical (unpaired) electrons. The van der Waals surface area contributed by atoms with Gasteiger partial charge in [0.05, 0.1) is 6.04 Å². The van der Waals surface area contributed by atoms with E-state index >= 15 is 0 Å². The zero-order valence-electron chi connectivity index (χ0n) is 11.4. The minimum atomic E-state index is -0.203. The number of hydrogen-bond donors (Lipinski definition) is 1. The van der Waals surface area contributed by atoms with Gasteiger partial charge < -0.3 is 9.73 Å². The van der Waals surface area contributed by atoms with E-state index in [2.05, 4.69) is 10.3 Å². The Morgan fingerprint density at radius 2 is 2.00 bits per heavy atom. The van der Waals surface area contributed by atoms with E-state index in [0.29, 0.717) is 11.5 Å². The molecule has 0 spiro atoms. The van der Waals surface area contributed by atoms with E-state index < -0.39 is 0 Å². The zero-order chi connectivity index (χ0) is 14.1. The van der Waals surface area contributed by atoms with Crippen LogP contribution in [0, 0.1) is 12.7 Å². The molecule has 0 aliphatic rings. The Kier molecular flexibility index (Phi) is 3.14. The highest BCUT2D eigenvalue weighted by Gasteiger charge is 2.11.